The number of nitrogens with one attached hydrogen (secondary N) is 1. The number of anilines is 1. The van der Waals surface area contributed by atoms with Gasteiger partial charge in [0.05, 0.1) is 12.7 Å². The fourth-order valence-corrected chi connectivity index (χ4v) is 1.01. The second-order valence-corrected chi connectivity index (χ2v) is 2.68. The summed E-state index contributed by atoms with van der Waals surface area (Å²) in [5.41, 5.74) is 4.83. The van der Waals surface area contributed by atoms with E-state index in [4.69, 9.17) is 5.73 Å². The molecule has 1 aromatic carbocycles. The molecule has 15 heavy (non-hydrogen) atoms. The van der Waals surface area contributed by atoms with Crippen molar-refractivity contribution in [3.63, 3.8) is 0 Å². The highest BCUT2D eigenvalue weighted by Gasteiger charge is 2.12. The topological polar surface area (TPSA) is 81.4 Å². The summed E-state index contributed by atoms with van der Waals surface area (Å²) in [5.74, 6) is -1.54. The van der Waals surface area contributed by atoms with Crippen LogP contribution in [-0.2, 0) is 4.74 Å². The lowest BCUT2D eigenvalue weighted by Crippen LogP contribution is -2.19. The average Bonchev–Trinajstić information content (AvgIpc) is 2.19. The molecule has 0 aliphatic heterocycles. The predicted molar refractivity (Wildman–Crippen MR) is 50.9 cm³/mol. The molecule has 3 N–H and O–H groups in total. The van der Waals surface area contributed by atoms with Crippen LogP contribution in [-0.4, -0.2) is 19.1 Å². The Labute approximate surface area is 85.0 Å². The molecule has 0 saturated carbocycles. The van der Waals surface area contributed by atoms with Gasteiger partial charge in [0, 0.05) is 5.69 Å². The zero-order valence-corrected chi connectivity index (χ0v) is 7.91. The van der Waals surface area contributed by atoms with Crippen molar-refractivity contribution in [2.75, 3.05) is 12.4 Å². The van der Waals surface area contributed by atoms with Gasteiger partial charge in [-0.2, -0.15) is 0 Å². The van der Waals surface area contributed by atoms with E-state index in [-0.39, 0.29) is 11.3 Å². The van der Waals surface area contributed by atoms with Crippen molar-refractivity contribution in [3.8, 4) is 0 Å². The number of benzene rings is 1. The zero-order valence-electron chi connectivity index (χ0n) is 7.91. The van der Waals surface area contributed by atoms with E-state index in [1.165, 1.54) is 6.07 Å². The van der Waals surface area contributed by atoms with Crippen molar-refractivity contribution in [1.29, 1.82) is 0 Å². The van der Waals surface area contributed by atoms with E-state index in [1.54, 1.807) is 0 Å². The van der Waals surface area contributed by atoms with Crippen LogP contribution in [0.3, 0.4) is 0 Å². The van der Waals surface area contributed by atoms with Gasteiger partial charge in [-0.25, -0.2) is 14.0 Å². The fourth-order valence-electron chi connectivity index (χ4n) is 1.01. The molecule has 0 aliphatic carbocycles. The third-order valence-electron chi connectivity index (χ3n) is 1.64. The summed E-state index contributed by atoms with van der Waals surface area (Å²) in [6.07, 6.45) is 0. The van der Waals surface area contributed by atoms with Crippen LogP contribution >= 0.6 is 0 Å². The summed E-state index contributed by atoms with van der Waals surface area (Å²) in [4.78, 5) is 21.6. The second-order valence-electron chi connectivity index (χ2n) is 2.68. The van der Waals surface area contributed by atoms with Gasteiger partial charge in [0.15, 0.2) is 0 Å². The highest BCUT2D eigenvalue weighted by Crippen LogP contribution is 2.15. The third kappa shape index (κ3) is 2.67. The van der Waals surface area contributed by atoms with E-state index in [0.29, 0.717) is 0 Å². The van der Waals surface area contributed by atoms with E-state index in [0.717, 1.165) is 19.2 Å². The van der Waals surface area contributed by atoms with Crippen LogP contribution in [0.5, 0.6) is 0 Å². The first-order valence-corrected chi connectivity index (χ1v) is 3.99. The molecule has 2 amide bonds. The largest absolute Gasteiger partial charge is 0.465 e. The number of methoxy groups -OCH3 is 1. The number of halogens is 1. The van der Waals surface area contributed by atoms with Gasteiger partial charge in [-0.1, -0.05) is 0 Å². The Morgan fingerprint density at radius 3 is 2.67 bits per heavy atom. The van der Waals surface area contributed by atoms with Crippen molar-refractivity contribution in [1.82, 2.24) is 0 Å². The summed E-state index contributed by atoms with van der Waals surface area (Å²) in [6, 6.07) is 2.67. The van der Waals surface area contributed by atoms with Gasteiger partial charge in [0.2, 0.25) is 0 Å². The smallest absolute Gasteiger partial charge is 0.340 e. The standard InChI is InChI=1S/C9H9FN2O3/c1-15-8(13)6-4-5(12-9(11)14)2-3-7(6)10/h2-4H,1H3,(H3,11,12,14). The van der Waals surface area contributed by atoms with Gasteiger partial charge in [0.1, 0.15) is 5.82 Å². The van der Waals surface area contributed by atoms with Crippen LogP contribution in [0, 0.1) is 5.82 Å². The molecule has 0 fully saturated rings. The number of carbonyl (C=O) groups excluding carboxylic acids is 2. The van der Waals surface area contributed by atoms with Crippen molar-refractivity contribution in [2.45, 2.75) is 0 Å². The normalized spacial score (nSPS) is 9.47. The summed E-state index contributed by atoms with van der Waals surface area (Å²) in [6.45, 7) is 0. The second kappa shape index (κ2) is 4.41. The molecule has 0 saturated heterocycles. The summed E-state index contributed by atoms with van der Waals surface area (Å²) in [7, 11) is 1.13. The molecular weight excluding hydrogens is 203 g/mol. The molecule has 1 rings (SSSR count). The van der Waals surface area contributed by atoms with E-state index in [2.05, 4.69) is 10.1 Å². The predicted octanol–water partition coefficient (Wildman–Crippen LogP) is 1.10. The Morgan fingerprint density at radius 2 is 2.13 bits per heavy atom. The van der Waals surface area contributed by atoms with Crippen LogP contribution < -0.4 is 11.1 Å². The first-order valence-electron chi connectivity index (χ1n) is 3.99. The Hall–Kier alpha value is -2.11. The van der Waals surface area contributed by atoms with Crippen LogP contribution in [0.15, 0.2) is 18.2 Å². The minimum Gasteiger partial charge on any atom is -0.465 e. The van der Waals surface area contributed by atoms with Crippen molar-refractivity contribution < 1.29 is 18.7 Å². The SMILES string of the molecule is COC(=O)c1cc(NC(N)=O)ccc1F. The van der Waals surface area contributed by atoms with Crippen molar-refractivity contribution >= 4 is 17.7 Å². The Kier molecular flexibility index (Phi) is 3.22. The summed E-state index contributed by atoms with van der Waals surface area (Å²) < 4.78 is 17.5. The molecule has 0 radical (unpaired) electrons. The highest BCUT2D eigenvalue weighted by molar-refractivity contribution is 5.93. The maximum atomic E-state index is 13.1. The van der Waals surface area contributed by atoms with Gasteiger partial charge >= 0.3 is 12.0 Å². The zero-order chi connectivity index (χ0) is 11.4. The summed E-state index contributed by atoms with van der Waals surface area (Å²) >= 11 is 0. The van der Waals surface area contributed by atoms with E-state index >= 15 is 0 Å². The van der Waals surface area contributed by atoms with Crippen molar-refractivity contribution in [2.24, 2.45) is 5.73 Å². The first kappa shape index (κ1) is 11.0. The molecular formula is C9H9FN2O3. The lowest BCUT2D eigenvalue weighted by atomic mass is 10.2. The molecule has 5 nitrogen and oxygen atoms in total. The maximum Gasteiger partial charge on any atom is 0.340 e. The fraction of sp³-hybridized carbons (Fsp3) is 0.111. The van der Waals surface area contributed by atoms with Crippen LogP contribution in [0.25, 0.3) is 0 Å². The highest BCUT2D eigenvalue weighted by atomic mass is 19.1. The molecule has 0 unspecified atom stereocenters. The molecule has 80 valence electrons. The average molecular weight is 212 g/mol. The number of amides is 2. The number of urea groups is 1. The number of ether oxygens (including phenoxy) is 1. The van der Waals surface area contributed by atoms with E-state index < -0.39 is 17.8 Å². The number of nitrogens with two attached hydrogens (primary N) is 1. The van der Waals surface area contributed by atoms with Crippen LogP contribution in [0.4, 0.5) is 14.9 Å². The van der Waals surface area contributed by atoms with E-state index in [9.17, 15) is 14.0 Å². The number of esters is 1. The summed E-state index contributed by atoms with van der Waals surface area (Å²) in [5, 5.41) is 2.22. The molecule has 0 aromatic heterocycles. The van der Waals surface area contributed by atoms with E-state index in [1.807, 2.05) is 0 Å². The van der Waals surface area contributed by atoms with Gasteiger partial charge in [-0.15, -0.1) is 0 Å². The lowest BCUT2D eigenvalue weighted by molar-refractivity contribution is 0.0595. The minimum atomic E-state index is -0.819. The molecule has 0 aliphatic rings. The molecule has 0 spiro atoms. The molecule has 0 heterocycles. The van der Waals surface area contributed by atoms with Gasteiger partial charge in [-0.3, -0.25) is 0 Å². The Balaban J connectivity index is 3.05. The molecule has 6 heteroatoms. The van der Waals surface area contributed by atoms with Crippen LogP contribution in [0.1, 0.15) is 10.4 Å². The van der Waals surface area contributed by atoms with Gasteiger partial charge < -0.3 is 15.8 Å². The number of rotatable bonds is 2. The number of carbonyl (C=O) groups is 2. The molecule has 0 bridgehead atoms. The molecule has 1 aromatic rings. The van der Waals surface area contributed by atoms with Crippen LogP contribution in [0.2, 0.25) is 0 Å². The number of hydrogen-bond donors (Lipinski definition) is 2. The first-order chi connectivity index (χ1) is 7.04. The Morgan fingerprint density at radius 1 is 1.47 bits per heavy atom. The molecule has 0 atom stereocenters. The van der Waals surface area contributed by atoms with Gasteiger partial charge in [-0.05, 0) is 18.2 Å². The third-order valence-corrected chi connectivity index (χ3v) is 1.64. The Bertz CT molecular complexity index is 406. The van der Waals surface area contributed by atoms with Gasteiger partial charge in [0.25, 0.3) is 0 Å². The lowest BCUT2D eigenvalue weighted by Gasteiger charge is -2.05. The quantitative estimate of drug-likeness (QED) is 0.720. The number of primary amides is 1. The maximum absolute atomic E-state index is 13.1. The van der Waals surface area contributed by atoms with Crippen molar-refractivity contribution in [3.05, 3.63) is 29.6 Å². The minimum absolute atomic E-state index is 0.226. The monoisotopic (exact) mass is 212 g/mol. The number of hydrogen-bond acceptors (Lipinski definition) is 3.